The molecule has 0 unspecified atom stereocenters. The molecule has 2 N–H and O–H groups in total. The van der Waals surface area contributed by atoms with Gasteiger partial charge in [-0.05, 0) is 68.6 Å². The first kappa shape index (κ1) is 17.4. The Morgan fingerprint density at radius 2 is 1.96 bits per heavy atom. The van der Waals surface area contributed by atoms with E-state index in [2.05, 4.69) is 27.9 Å². The second kappa shape index (κ2) is 6.93. The SMILES string of the molecule is Cc1cc(F)cc(-c2nc(N)c3cc(CN4CCC(C)CC4)sc3n2)c1. The molecule has 4 rings (SSSR count). The molecule has 0 atom stereocenters. The van der Waals surface area contributed by atoms with Gasteiger partial charge in [0.1, 0.15) is 16.5 Å². The third kappa shape index (κ3) is 3.57. The lowest BCUT2D eigenvalue weighted by molar-refractivity contribution is 0.187. The van der Waals surface area contributed by atoms with Crippen LogP contribution in [0, 0.1) is 18.7 Å². The Balaban J connectivity index is 1.64. The molecule has 0 saturated carbocycles. The van der Waals surface area contributed by atoms with Crippen LogP contribution < -0.4 is 5.73 Å². The average Bonchev–Trinajstić information content (AvgIpc) is 2.99. The Bertz CT molecular complexity index is 924. The molecule has 4 nitrogen and oxygen atoms in total. The maximum Gasteiger partial charge on any atom is 0.163 e. The highest BCUT2D eigenvalue weighted by molar-refractivity contribution is 7.18. The first-order chi connectivity index (χ1) is 12.5. The summed E-state index contributed by atoms with van der Waals surface area (Å²) in [7, 11) is 0. The average molecular weight is 370 g/mol. The minimum absolute atomic E-state index is 0.284. The number of hydrogen-bond donors (Lipinski definition) is 1. The van der Waals surface area contributed by atoms with Crippen molar-refractivity contribution in [2.75, 3.05) is 18.8 Å². The van der Waals surface area contributed by atoms with Gasteiger partial charge in [0.25, 0.3) is 0 Å². The number of halogens is 1. The summed E-state index contributed by atoms with van der Waals surface area (Å²) in [6.45, 7) is 7.40. The molecule has 26 heavy (non-hydrogen) atoms. The van der Waals surface area contributed by atoms with Gasteiger partial charge in [-0.1, -0.05) is 6.92 Å². The van der Waals surface area contributed by atoms with Crippen LogP contribution in [0.4, 0.5) is 10.2 Å². The minimum atomic E-state index is -0.284. The van der Waals surface area contributed by atoms with Crippen molar-refractivity contribution in [2.24, 2.45) is 5.92 Å². The Hall–Kier alpha value is -2.05. The third-order valence-electron chi connectivity index (χ3n) is 5.03. The summed E-state index contributed by atoms with van der Waals surface area (Å²) >= 11 is 1.66. The van der Waals surface area contributed by atoms with Crippen LogP contribution in [0.25, 0.3) is 21.6 Å². The fraction of sp³-hybridized carbons (Fsp3) is 0.400. The van der Waals surface area contributed by atoms with Gasteiger partial charge in [0.05, 0.1) is 5.39 Å². The number of nitrogens with two attached hydrogens (primary N) is 1. The highest BCUT2D eigenvalue weighted by atomic mass is 32.1. The van der Waals surface area contributed by atoms with Crippen LogP contribution in [0.1, 0.15) is 30.2 Å². The van der Waals surface area contributed by atoms with E-state index < -0.39 is 0 Å². The van der Waals surface area contributed by atoms with Gasteiger partial charge in [-0.2, -0.15) is 0 Å². The lowest BCUT2D eigenvalue weighted by Gasteiger charge is -2.29. The number of piperidine rings is 1. The number of rotatable bonds is 3. The van der Waals surface area contributed by atoms with E-state index in [4.69, 9.17) is 5.73 Å². The molecule has 1 aliphatic heterocycles. The molecule has 2 aromatic heterocycles. The molecular weight excluding hydrogens is 347 g/mol. The van der Waals surface area contributed by atoms with Crippen LogP contribution in [0.2, 0.25) is 0 Å². The maximum atomic E-state index is 13.7. The first-order valence-electron chi connectivity index (χ1n) is 9.04. The lowest BCUT2D eigenvalue weighted by Crippen LogP contribution is -2.32. The van der Waals surface area contributed by atoms with E-state index in [1.54, 1.807) is 11.3 Å². The number of aryl methyl sites for hydroxylation is 1. The number of thiophene rings is 1. The second-order valence-corrected chi connectivity index (χ2v) is 8.46. The normalized spacial score (nSPS) is 16.4. The molecule has 0 bridgehead atoms. The number of likely N-dealkylation sites (tertiary alicyclic amines) is 1. The minimum Gasteiger partial charge on any atom is -0.383 e. The Morgan fingerprint density at radius 3 is 2.69 bits per heavy atom. The molecule has 0 radical (unpaired) electrons. The summed E-state index contributed by atoms with van der Waals surface area (Å²) in [5.41, 5.74) is 7.69. The van der Waals surface area contributed by atoms with E-state index in [0.29, 0.717) is 17.2 Å². The summed E-state index contributed by atoms with van der Waals surface area (Å²) in [5.74, 6) is 1.49. The molecule has 1 saturated heterocycles. The van der Waals surface area contributed by atoms with Crippen molar-refractivity contribution in [2.45, 2.75) is 33.2 Å². The molecule has 1 aromatic carbocycles. The van der Waals surface area contributed by atoms with Crippen LogP contribution in [-0.4, -0.2) is 28.0 Å². The summed E-state index contributed by atoms with van der Waals surface area (Å²) in [6.07, 6.45) is 2.52. The van der Waals surface area contributed by atoms with E-state index in [9.17, 15) is 4.39 Å². The molecule has 0 amide bonds. The zero-order chi connectivity index (χ0) is 18.3. The van der Waals surface area contributed by atoms with E-state index in [-0.39, 0.29) is 5.82 Å². The van der Waals surface area contributed by atoms with E-state index in [1.165, 1.54) is 29.9 Å². The quantitative estimate of drug-likeness (QED) is 0.731. The summed E-state index contributed by atoms with van der Waals surface area (Å²) in [4.78, 5) is 13.7. The zero-order valence-electron chi connectivity index (χ0n) is 15.1. The van der Waals surface area contributed by atoms with Gasteiger partial charge in [-0.3, -0.25) is 4.90 Å². The number of benzene rings is 1. The molecule has 3 aromatic rings. The van der Waals surface area contributed by atoms with Crippen molar-refractivity contribution in [3.8, 4) is 11.4 Å². The molecule has 136 valence electrons. The van der Waals surface area contributed by atoms with Gasteiger partial charge in [-0.25, -0.2) is 14.4 Å². The van der Waals surface area contributed by atoms with Gasteiger partial charge in [0.15, 0.2) is 5.82 Å². The van der Waals surface area contributed by atoms with Gasteiger partial charge < -0.3 is 5.73 Å². The third-order valence-corrected chi connectivity index (χ3v) is 6.04. The Kier molecular flexibility index (Phi) is 4.63. The predicted octanol–water partition coefficient (Wildman–Crippen LogP) is 4.62. The highest BCUT2D eigenvalue weighted by Gasteiger charge is 2.18. The number of aromatic nitrogens is 2. The van der Waals surface area contributed by atoms with Crippen LogP contribution in [0.15, 0.2) is 24.3 Å². The fourth-order valence-corrected chi connectivity index (χ4v) is 4.58. The van der Waals surface area contributed by atoms with Crippen LogP contribution in [0.3, 0.4) is 0 Å². The topological polar surface area (TPSA) is 55.0 Å². The molecule has 1 aliphatic rings. The van der Waals surface area contributed by atoms with Crippen molar-refractivity contribution in [1.29, 1.82) is 0 Å². The van der Waals surface area contributed by atoms with Gasteiger partial charge in [-0.15, -0.1) is 11.3 Å². The van der Waals surface area contributed by atoms with Gasteiger partial charge in [0, 0.05) is 17.0 Å². The molecule has 0 aliphatic carbocycles. The summed E-state index contributed by atoms with van der Waals surface area (Å²) < 4.78 is 13.7. The number of fused-ring (bicyclic) bond motifs is 1. The number of anilines is 1. The van der Waals surface area contributed by atoms with E-state index >= 15 is 0 Å². The van der Waals surface area contributed by atoms with Crippen LogP contribution in [-0.2, 0) is 6.54 Å². The number of nitrogens with zero attached hydrogens (tertiary/aromatic N) is 3. The van der Waals surface area contributed by atoms with E-state index in [1.807, 2.05) is 13.0 Å². The van der Waals surface area contributed by atoms with Gasteiger partial charge >= 0.3 is 0 Å². The number of nitrogen functional groups attached to an aromatic ring is 1. The lowest BCUT2D eigenvalue weighted by atomic mass is 9.99. The number of hydrogen-bond acceptors (Lipinski definition) is 5. The maximum absolute atomic E-state index is 13.7. The smallest absolute Gasteiger partial charge is 0.163 e. The Labute approximate surface area is 156 Å². The van der Waals surface area contributed by atoms with Crippen molar-refractivity contribution in [1.82, 2.24) is 14.9 Å². The largest absolute Gasteiger partial charge is 0.383 e. The summed E-state index contributed by atoms with van der Waals surface area (Å²) in [6, 6.07) is 6.94. The van der Waals surface area contributed by atoms with E-state index in [0.717, 1.165) is 41.3 Å². The second-order valence-electron chi connectivity index (χ2n) is 7.34. The monoisotopic (exact) mass is 370 g/mol. The molecule has 0 spiro atoms. The Morgan fingerprint density at radius 1 is 1.19 bits per heavy atom. The van der Waals surface area contributed by atoms with Crippen molar-refractivity contribution in [3.05, 3.63) is 40.5 Å². The van der Waals surface area contributed by atoms with Crippen molar-refractivity contribution >= 4 is 27.4 Å². The van der Waals surface area contributed by atoms with Gasteiger partial charge in [0.2, 0.25) is 0 Å². The highest BCUT2D eigenvalue weighted by Crippen LogP contribution is 2.31. The molecule has 3 heterocycles. The standard InChI is InChI=1S/C20H23FN4S/c1-12-3-5-25(6-4-12)11-16-10-17-18(22)23-19(24-20(17)26-16)14-7-13(2)8-15(21)9-14/h7-10,12H,3-6,11H2,1-2H3,(H2,22,23,24). The first-order valence-corrected chi connectivity index (χ1v) is 9.85. The fourth-order valence-electron chi connectivity index (χ4n) is 3.51. The zero-order valence-corrected chi connectivity index (χ0v) is 15.9. The molecule has 1 fully saturated rings. The summed E-state index contributed by atoms with van der Waals surface area (Å²) in [5, 5.41) is 0.896. The van der Waals surface area contributed by atoms with Crippen molar-refractivity contribution < 1.29 is 4.39 Å². The van der Waals surface area contributed by atoms with Crippen LogP contribution >= 0.6 is 11.3 Å². The van der Waals surface area contributed by atoms with Crippen molar-refractivity contribution in [3.63, 3.8) is 0 Å². The molecular formula is C20H23FN4S. The predicted molar refractivity (Wildman–Crippen MR) is 106 cm³/mol. The van der Waals surface area contributed by atoms with Crippen LogP contribution in [0.5, 0.6) is 0 Å². The molecule has 6 heteroatoms.